The predicted molar refractivity (Wildman–Crippen MR) is 53.6 cm³/mol. The quantitative estimate of drug-likeness (QED) is 0.638. The molecular formula is C10H9NOS. The third-order valence-corrected chi connectivity index (χ3v) is 3.28. The molecule has 0 spiro atoms. The summed E-state index contributed by atoms with van der Waals surface area (Å²) in [4.78, 5) is 4.52. The van der Waals surface area contributed by atoms with Crippen LogP contribution in [0.4, 0.5) is 0 Å². The van der Waals surface area contributed by atoms with E-state index in [2.05, 4.69) is 17.1 Å². The first-order valence-electron chi connectivity index (χ1n) is 4.36. The SMILES string of the molecule is Cc1nc2c3c(ccc2s1)OCC3. The first-order valence-corrected chi connectivity index (χ1v) is 5.18. The summed E-state index contributed by atoms with van der Waals surface area (Å²) < 4.78 is 6.76. The molecule has 1 aromatic carbocycles. The molecule has 0 aliphatic carbocycles. The van der Waals surface area contributed by atoms with Crippen molar-refractivity contribution in [2.24, 2.45) is 0 Å². The Labute approximate surface area is 80.2 Å². The van der Waals surface area contributed by atoms with Crippen LogP contribution in [0.5, 0.6) is 5.75 Å². The highest BCUT2D eigenvalue weighted by Gasteiger charge is 2.16. The van der Waals surface area contributed by atoms with Gasteiger partial charge in [0, 0.05) is 12.0 Å². The zero-order chi connectivity index (χ0) is 8.84. The number of aromatic nitrogens is 1. The number of nitrogens with zero attached hydrogens (tertiary/aromatic N) is 1. The average Bonchev–Trinajstić information content (AvgIpc) is 2.65. The molecule has 0 saturated carbocycles. The topological polar surface area (TPSA) is 22.1 Å². The molecule has 0 fully saturated rings. The molecule has 0 bridgehead atoms. The molecule has 0 unspecified atom stereocenters. The number of ether oxygens (including phenoxy) is 1. The minimum absolute atomic E-state index is 0.811. The summed E-state index contributed by atoms with van der Waals surface area (Å²) in [6.45, 7) is 2.86. The molecule has 1 aliphatic heterocycles. The molecule has 3 rings (SSSR count). The van der Waals surface area contributed by atoms with Gasteiger partial charge in [-0.3, -0.25) is 0 Å². The van der Waals surface area contributed by atoms with Crippen molar-refractivity contribution in [2.75, 3.05) is 6.61 Å². The normalized spacial score (nSPS) is 14.5. The summed E-state index contributed by atoms with van der Waals surface area (Å²) in [5.41, 5.74) is 2.44. The van der Waals surface area contributed by atoms with Crippen LogP contribution >= 0.6 is 11.3 Å². The lowest BCUT2D eigenvalue weighted by Gasteiger charge is -1.97. The summed E-state index contributed by atoms with van der Waals surface area (Å²) in [5, 5.41) is 1.13. The number of hydrogen-bond acceptors (Lipinski definition) is 3. The second-order valence-corrected chi connectivity index (χ2v) is 4.46. The number of thiazole rings is 1. The van der Waals surface area contributed by atoms with Crippen molar-refractivity contribution in [1.29, 1.82) is 0 Å². The Kier molecular flexibility index (Phi) is 1.38. The maximum atomic E-state index is 5.48. The maximum Gasteiger partial charge on any atom is 0.124 e. The van der Waals surface area contributed by atoms with Gasteiger partial charge < -0.3 is 4.74 Å². The Morgan fingerprint density at radius 1 is 1.46 bits per heavy atom. The molecule has 1 aliphatic rings. The van der Waals surface area contributed by atoms with Crippen LogP contribution in [0.2, 0.25) is 0 Å². The van der Waals surface area contributed by atoms with Crippen LogP contribution in [0.3, 0.4) is 0 Å². The lowest BCUT2D eigenvalue weighted by molar-refractivity contribution is 0.357. The lowest BCUT2D eigenvalue weighted by Crippen LogP contribution is -1.86. The first-order chi connectivity index (χ1) is 6.34. The van der Waals surface area contributed by atoms with Crippen molar-refractivity contribution >= 4 is 21.6 Å². The standard InChI is InChI=1S/C10H9NOS/c1-6-11-10-7-4-5-12-8(7)2-3-9(10)13-6/h2-3H,4-5H2,1H3. The Balaban J connectivity index is 2.42. The predicted octanol–water partition coefficient (Wildman–Crippen LogP) is 2.54. The van der Waals surface area contributed by atoms with Crippen molar-refractivity contribution in [3.8, 4) is 5.75 Å². The number of fused-ring (bicyclic) bond motifs is 3. The van der Waals surface area contributed by atoms with Crippen molar-refractivity contribution in [1.82, 2.24) is 4.98 Å². The van der Waals surface area contributed by atoms with Crippen LogP contribution in [0, 0.1) is 6.92 Å². The molecule has 0 radical (unpaired) electrons. The lowest BCUT2D eigenvalue weighted by atomic mass is 10.1. The van der Waals surface area contributed by atoms with Crippen LogP contribution in [-0.4, -0.2) is 11.6 Å². The molecule has 0 saturated heterocycles. The molecule has 13 heavy (non-hydrogen) atoms. The molecule has 1 aromatic heterocycles. The van der Waals surface area contributed by atoms with E-state index in [4.69, 9.17) is 4.74 Å². The number of hydrogen-bond donors (Lipinski definition) is 0. The van der Waals surface area contributed by atoms with Gasteiger partial charge in [0.25, 0.3) is 0 Å². The van der Waals surface area contributed by atoms with E-state index >= 15 is 0 Å². The van der Waals surface area contributed by atoms with Crippen molar-refractivity contribution in [2.45, 2.75) is 13.3 Å². The fraction of sp³-hybridized carbons (Fsp3) is 0.300. The maximum absolute atomic E-state index is 5.48. The van der Waals surface area contributed by atoms with Gasteiger partial charge in [0.1, 0.15) is 5.75 Å². The molecule has 2 nitrogen and oxygen atoms in total. The van der Waals surface area contributed by atoms with Gasteiger partial charge in [0.2, 0.25) is 0 Å². The summed E-state index contributed by atoms with van der Waals surface area (Å²) >= 11 is 1.75. The fourth-order valence-corrected chi connectivity index (χ4v) is 2.64. The third kappa shape index (κ3) is 0.968. The van der Waals surface area contributed by atoms with Crippen LogP contribution in [0.25, 0.3) is 10.2 Å². The van der Waals surface area contributed by atoms with Crippen LogP contribution in [-0.2, 0) is 6.42 Å². The monoisotopic (exact) mass is 191 g/mol. The zero-order valence-electron chi connectivity index (χ0n) is 7.33. The molecule has 2 heterocycles. The molecular weight excluding hydrogens is 182 g/mol. The molecule has 66 valence electrons. The van der Waals surface area contributed by atoms with Gasteiger partial charge in [-0.2, -0.15) is 0 Å². The number of rotatable bonds is 0. The van der Waals surface area contributed by atoms with E-state index in [0.717, 1.165) is 29.3 Å². The van der Waals surface area contributed by atoms with E-state index in [9.17, 15) is 0 Å². The van der Waals surface area contributed by atoms with E-state index in [-0.39, 0.29) is 0 Å². The second kappa shape index (κ2) is 2.45. The smallest absolute Gasteiger partial charge is 0.124 e. The van der Waals surface area contributed by atoms with E-state index < -0.39 is 0 Å². The fourth-order valence-electron chi connectivity index (χ4n) is 1.78. The second-order valence-electron chi connectivity index (χ2n) is 3.22. The molecule has 3 heteroatoms. The molecule has 0 atom stereocenters. The van der Waals surface area contributed by atoms with Crippen molar-refractivity contribution in [3.63, 3.8) is 0 Å². The van der Waals surface area contributed by atoms with E-state index in [1.165, 1.54) is 10.3 Å². The van der Waals surface area contributed by atoms with E-state index in [1.54, 1.807) is 11.3 Å². The highest BCUT2D eigenvalue weighted by Crippen LogP contribution is 2.34. The third-order valence-electron chi connectivity index (χ3n) is 2.34. The largest absolute Gasteiger partial charge is 0.493 e. The molecule has 0 amide bonds. The van der Waals surface area contributed by atoms with E-state index in [0.29, 0.717) is 0 Å². The Morgan fingerprint density at radius 2 is 2.38 bits per heavy atom. The van der Waals surface area contributed by atoms with Gasteiger partial charge >= 0.3 is 0 Å². The summed E-state index contributed by atoms with van der Waals surface area (Å²) in [6.07, 6.45) is 1.01. The van der Waals surface area contributed by atoms with Gasteiger partial charge in [0.05, 0.1) is 21.8 Å². The molecule has 0 N–H and O–H groups in total. The number of aryl methyl sites for hydroxylation is 1. The summed E-state index contributed by atoms with van der Waals surface area (Å²) in [7, 11) is 0. The highest BCUT2D eigenvalue weighted by molar-refractivity contribution is 7.18. The highest BCUT2D eigenvalue weighted by atomic mass is 32.1. The number of benzene rings is 1. The van der Waals surface area contributed by atoms with Crippen LogP contribution < -0.4 is 4.74 Å². The van der Waals surface area contributed by atoms with Gasteiger partial charge in [-0.25, -0.2) is 4.98 Å². The van der Waals surface area contributed by atoms with Crippen LogP contribution in [0.1, 0.15) is 10.6 Å². The first kappa shape index (κ1) is 7.33. The minimum atomic E-state index is 0.811. The van der Waals surface area contributed by atoms with Gasteiger partial charge in [-0.1, -0.05) is 0 Å². The zero-order valence-corrected chi connectivity index (χ0v) is 8.15. The van der Waals surface area contributed by atoms with Crippen LogP contribution in [0.15, 0.2) is 12.1 Å². The van der Waals surface area contributed by atoms with Gasteiger partial charge in [-0.05, 0) is 19.1 Å². The van der Waals surface area contributed by atoms with Crippen molar-refractivity contribution in [3.05, 3.63) is 22.7 Å². The Bertz CT molecular complexity index is 475. The summed E-state index contributed by atoms with van der Waals surface area (Å²) in [6, 6.07) is 4.16. The minimum Gasteiger partial charge on any atom is -0.493 e. The average molecular weight is 191 g/mol. The summed E-state index contributed by atoms with van der Waals surface area (Å²) in [5.74, 6) is 1.03. The Morgan fingerprint density at radius 3 is 3.31 bits per heavy atom. The van der Waals surface area contributed by atoms with E-state index in [1.807, 2.05) is 6.92 Å². The van der Waals surface area contributed by atoms with Gasteiger partial charge in [0.15, 0.2) is 0 Å². The van der Waals surface area contributed by atoms with Crippen molar-refractivity contribution < 1.29 is 4.74 Å². The molecule has 2 aromatic rings. The van der Waals surface area contributed by atoms with Gasteiger partial charge in [-0.15, -0.1) is 11.3 Å². The Hall–Kier alpha value is -1.09.